The Morgan fingerprint density at radius 2 is 1.53 bits per heavy atom. The molecule has 3 aromatic rings. The van der Waals surface area contributed by atoms with E-state index in [0.29, 0.717) is 0 Å². The quantitative estimate of drug-likeness (QED) is 0.161. The number of fused-ring (bicyclic) bond motifs is 1. The molecule has 0 spiro atoms. The van der Waals surface area contributed by atoms with Crippen LogP contribution < -0.4 is 10.2 Å². The summed E-state index contributed by atoms with van der Waals surface area (Å²) in [5, 5.41) is 79.7. The molecule has 2 heterocycles. The van der Waals surface area contributed by atoms with Crippen molar-refractivity contribution in [2.75, 3.05) is 7.11 Å². The Balaban J connectivity index is 1.92. The lowest BCUT2D eigenvalue weighted by molar-refractivity contribution is -0.272. The molecule has 36 heavy (non-hydrogen) atoms. The minimum Gasteiger partial charge on any atom is -0.508 e. The first-order valence-corrected chi connectivity index (χ1v) is 10.2. The molecule has 14 nitrogen and oxygen atoms in total. The number of benzene rings is 2. The summed E-state index contributed by atoms with van der Waals surface area (Å²) in [6, 6.07) is 3.56. The maximum atomic E-state index is 13.3. The molecule has 0 radical (unpaired) electrons. The van der Waals surface area contributed by atoms with E-state index in [2.05, 4.69) is 4.74 Å². The molecule has 192 valence electrons. The van der Waals surface area contributed by atoms with Gasteiger partial charge in [0.1, 0.15) is 40.8 Å². The highest BCUT2D eigenvalue weighted by Crippen LogP contribution is 2.43. The van der Waals surface area contributed by atoms with E-state index in [9.17, 15) is 50.4 Å². The van der Waals surface area contributed by atoms with Crippen molar-refractivity contribution in [3.05, 3.63) is 34.5 Å². The van der Waals surface area contributed by atoms with Crippen LogP contribution in [0.15, 0.2) is 33.5 Å². The van der Waals surface area contributed by atoms with Crippen molar-refractivity contribution in [3.63, 3.8) is 0 Å². The zero-order chi connectivity index (χ0) is 26.5. The molecular formula is C22H20O14. The second kappa shape index (κ2) is 9.09. The number of carbonyl (C=O) groups is 1. The monoisotopic (exact) mass is 508 g/mol. The third-order valence-electron chi connectivity index (χ3n) is 5.49. The fraction of sp³-hybridized carbons (Fsp3) is 0.273. The second-order valence-corrected chi connectivity index (χ2v) is 7.83. The first-order chi connectivity index (χ1) is 16.9. The predicted molar refractivity (Wildman–Crippen MR) is 116 cm³/mol. The summed E-state index contributed by atoms with van der Waals surface area (Å²) in [4.78, 5) is 25.3. The number of phenols is 5. The van der Waals surface area contributed by atoms with Crippen molar-refractivity contribution >= 4 is 16.9 Å². The summed E-state index contributed by atoms with van der Waals surface area (Å²) >= 11 is 0. The zero-order valence-electron chi connectivity index (χ0n) is 18.2. The Labute approximate surface area is 200 Å². The van der Waals surface area contributed by atoms with E-state index in [1.807, 2.05) is 0 Å². The average molecular weight is 508 g/mol. The van der Waals surface area contributed by atoms with Gasteiger partial charge in [-0.1, -0.05) is 0 Å². The fourth-order valence-electron chi connectivity index (χ4n) is 3.67. The van der Waals surface area contributed by atoms with Gasteiger partial charge in [-0.2, -0.15) is 0 Å². The van der Waals surface area contributed by atoms with E-state index in [1.165, 1.54) is 0 Å². The van der Waals surface area contributed by atoms with Crippen molar-refractivity contribution in [1.82, 2.24) is 0 Å². The van der Waals surface area contributed by atoms with Crippen LogP contribution in [-0.4, -0.2) is 84.6 Å². The third-order valence-corrected chi connectivity index (χ3v) is 5.49. The molecule has 0 bridgehead atoms. The van der Waals surface area contributed by atoms with Gasteiger partial charge in [-0.25, -0.2) is 4.79 Å². The van der Waals surface area contributed by atoms with E-state index in [1.54, 1.807) is 0 Å². The highest BCUT2D eigenvalue weighted by Gasteiger charge is 2.49. The van der Waals surface area contributed by atoms with Gasteiger partial charge >= 0.3 is 5.97 Å². The van der Waals surface area contributed by atoms with Crippen LogP contribution in [0.1, 0.15) is 0 Å². The molecule has 0 saturated carbocycles. The number of rotatable bonds is 4. The first kappa shape index (κ1) is 24.9. The Morgan fingerprint density at radius 3 is 2.14 bits per heavy atom. The van der Waals surface area contributed by atoms with Crippen LogP contribution in [0.2, 0.25) is 0 Å². The van der Waals surface area contributed by atoms with Crippen molar-refractivity contribution in [2.45, 2.75) is 30.7 Å². The highest BCUT2D eigenvalue weighted by atomic mass is 16.7. The molecule has 0 unspecified atom stereocenters. The molecule has 5 atom stereocenters. The minimum absolute atomic E-state index is 0.255. The Morgan fingerprint density at radius 1 is 0.889 bits per heavy atom. The average Bonchev–Trinajstić information content (AvgIpc) is 2.82. The predicted octanol–water partition coefficient (Wildman–Crippen LogP) is -0.653. The van der Waals surface area contributed by atoms with Gasteiger partial charge < -0.3 is 59.5 Å². The second-order valence-electron chi connectivity index (χ2n) is 7.83. The van der Waals surface area contributed by atoms with Crippen molar-refractivity contribution in [3.8, 4) is 45.8 Å². The summed E-state index contributed by atoms with van der Waals surface area (Å²) < 4.78 is 20.8. The van der Waals surface area contributed by atoms with E-state index in [0.717, 1.165) is 31.4 Å². The number of phenolic OH excluding ortho intramolecular Hbond substituents is 5. The molecule has 14 heteroatoms. The molecule has 1 saturated heterocycles. The van der Waals surface area contributed by atoms with Crippen molar-refractivity contribution in [2.24, 2.45) is 0 Å². The molecule has 2 aromatic carbocycles. The number of methoxy groups -OCH3 is 1. The van der Waals surface area contributed by atoms with Crippen LogP contribution >= 0.6 is 0 Å². The topological polar surface area (TPSA) is 237 Å². The highest BCUT2D eigenvalue weighted by molar-refractivity contribution is 5.88. The normalized spacial score (nSPS) is 23.9. The van der Waals surface area contributed by atoms with Gasteiger partial charge in [0.05, 0.1) is 7.11 Å². The van der Waals surface area contributed by atoms with Crippen LogP contribution in [0, 0.1) is 0 Å². The van der Waals surface area contributed by atoms with E-state index < -0.39 is 87.7 Å². The van der Waals surface area contributed by atoms with Crippen molar-refractivity contribution in [1.29, 1.82) is 0 Å². The lowest BCUT2D eigenvalue weighted by Gasteiger charge is -2.38. The summed E-state index contributed by atoms with van der Waals surface area (Å²) in [5.74, 6) is -6.22. The maximum Gasteiger partial charge on any atom is 0.337 e. The van der Waals surface area contributed by atoms with Gasteiger partial charge in [-0.15, -0.1) is 0 Å². The minimum atomic E-state index is -2.01. The summed E-state index contributed by atoms with van der Waals surface area (Å²) in [5.41, 5.74) is -1.71. The van der Waals surface area contributed by atoms with Gasteiger partial charge in [0.15, 0.2) is 29.1 Å². The molecule has 0 aliphatic carbocycles. The smallest absolute Gasteiger partial charge is 0.337 e. The number of hydrogen-bond acceptors (Lipinski definition) is 14. The molecule has 4 rings (SSSR count). The number of carbonyl (C=O) groups excluding carboxylic acids is 1. The SMILES string of the molecule is COC(=O)[C@H]1O[C@@H](Oc2c(-c3cc(O)c(O)c(O)c3)oc3cc(O)cc(O)c3c2=O)[C@H](O)[C@@H](O)[C@@H]1O. The van der Waals surface area contributed by atoms with E-state index in [4.69, 9.17) is 13.9 Å². The van der Waals surface area contributed by atoms with Gasteiger partial charge in [0.25, 0.3) is 0 Å². The van der Waals surface area contributed by atoms with Gasteiger partial charge in [-0.05, 0) is 12.1 Å². The van der Waals surface area contributed by atoms with Crippen LogP contribution in [0.5, 0.6) is 34.5 Å². The Kier molecular flexibility index (Phi) is 6.28. The third kappa shape index (κ3) is 4.07. The van der Waals surface area contributed by atoms with Gasteiger partial charge in [-0.3, -0.25) is 4.79 Å². The number of esters is 1. The molecule has 1 fully saturated rings. The molecule has 0 amide bonds. The number of hydrogen-bond donors (Lipinski definition) is 8. The van der Waals surface area contributed by atoms with Crippen LogP contribution in [0.3, 0.4) is 0 Å². The van der Waals surface area contributed by atoms with Gasteiger partial charge in [0.2, 0.25) is 17.5 Å². The fourth-order valence-corrected chi connectivity index (χ4v) is 3.67. The maximum absolute atomic E-state index is 13.3. The summed E-state index contributed by atoms with van der Waals surface area (Å²) in [6.45, 7) is 0. The van der Waals surface area contributed by atoms with Crippen LogP contribution in [-0.2, 0) is 14.3 Å². The molecular weight excluding hydrogens is 488 g/mol. The number of aliphatic hydroxyl groups excluding tert-OH is 3. The van der Waals surface area contributed by atoms with Crippen molar-refractivity contribution < 1.29 is 64.3 Å². The largest absolute Gasteiger partial charge is 0.508 e. The lowest BCUT2D eigenvalue weighted by Crippen LogP contribution is -2.61. The lowest BCUT2D eigenvalue weighted by atomic mass is 9.99. The molecule has 8 N–H and O–H groups in total. The first-order valence-electron chi connectivity index (χ1n) is 10.2. The number of aromatic hydroxyl groups is 5. The molecule has 1 aliphatic rings. The van der Waals surface area contributed by atoms with Gasteiger partial charge in [0, 0.05) is 17.7 Å². The summed E-state index contributed by atoms with van der Waals surface area (Å²) in [6.07, 6.45) is -9.74. The number of ether oxygens (including phenoxy) is 3. The Hall–Kier alpha value is -4.24. The molecule has 1 aromatic heterocycles. The van der Waals surface area contributed by atoms with Crippen LogP contribution in [0.25, 0.3) is 22.3 Å². The zero-order valence-corrected chi connectivity index (χ0v) is 18.2. The number of aliphatic hydroxyl groups is 3. The van der Waals surface area contributed by atoms with Crippen LogP contribution in [0.4, 0.5) is 0 Å². The van der Waals surface area contributed by atoms with E-state index >= 15 is 0 Å². The Bertz CT molecular complexity index is 1370. The van der Waals surface area contributed by atoms with E-state index in [-0.39, 0.29) is 11.1 Å². The summed E-state index contributed by atoms with van der Waals surface area (Å²) in [7, 11) is 0.976. The molecule has 1 aliphatic heterocycles. The standard InChI is InChI=1S/C22H20O14/c1-33-21(32)20-16(30)15(29)17(31)22(36-20)35-19-14(28)12-8(24)4-7(23)5-11(12)34-18(19)6-2-9(25)13(27)10(26)3-6/h2-5,15-17,20,22-27,29-31H,1H3/t15-,16-,17+,20-,22+/m0/s1.